The van der Waals surface area contributed by atoms with E-state index in [0.717, 1.165) is 15.6 Å². The Morgan fingerprint density at radius 3 is 2.41 bits per heavy atom. The van der Waals surface area contributed by atoms with Crippen molar-refractivity contribution in [1.29, 1.82) is 0 Å². The van der Waals surface area contributed by atoms with Crippen molar-refractivity contribution in [2.24, 2.45) is 5.92 Å². The highest BCUT2D eigenvalue weighted by Gasteiger charge is 2.49. The van der Waals surface area contributed by atoms with Crippen LogP contribution in [0.5, 0.6) is 5.75 Å². The molecule has 7 nitrogen and oxygen atoms in total. The number of halogens is 1. The van der Waals surface area contributed by atoms with Crippen LogP contribution in [0.15, 0.2) is 75.5 Å². The zero-order valence-corrected chi connectivity index (χ0v) is 22.9. The first-order valence-corrected chi connectivity index (χ1v) is 13.1. The number of hydrogen-bond acceptors (Lipinski definition) is 7. The number of ether oxygens (including phenoxy) is 3. The van der Waals surface area contributed by atoms with Crippen LogP contribution in [0.3, 0.4) is 0 Å². The topological polar surface area (TPSA) is 90.9 Å². The first-order chi connectivity index (χ1) is 17.8. The number of carbonyl (C=O) groups is 3. The number of methoxy groups -OCH3 is 1. The Bertz CT molecular complexity index is 1300. The standard InChI is InChI=1S/C29H30BrNO6/c1-5-36-28(33)23-16(3)31-22-15-21(17-9-8-12-20(14-17)35-4)25(29(34)37-6-2)27(32)26(22)24(23)18-10-7-11-19(30)13-18/h7-14,21,24-25,31H,5-6,15H2,1-4H3/t21-,24-,25+/m0/s1. The fourth-order valence-electron chi connectivity index (χ4n) is 5.22. The fourth-order valence-corrected chi connectivity index (χ4v) is 5.64. The molecule has 2 aromatic carbocycles. The smallest absolute Gasteiger partial charge is 0.336 e. The lowest BCUT2D eigenvalue weighted by Crippen LogP contribution is -2.43. The minimum Gasteiger partial charge on any atom is -0.497 e. The summed E-state index contributed by atoms with van der Waals surface area (Å²) in [5, 5.41) is 3.31. The van der Waals surface area contributed by atoms with E-state index in [9.17, 15) is 14.4 Å². The number of hydrogen-bond donors (Lipinski definition) is 1. The van der Waals surface area contributed by atoms with Crippen LogP contribution < -0.4 is 10.1 Å². The highest BCUT2D eigenvalue weighted by Crippen LogP contribution is 2.48. The second-order valence-corrected chi connectivity index (χ2v) is 9.86. The number of benzene rings is 2. The van der Waals surface area contributed by atoms with Gasteiger partial charge in [-0.05, 0) is 62.6 Å². The summed E-state index contributed by atoms with van der Waals surface area (Å²) in [6.07, 6.45) is 0.385. The van der Waals surface area contributed by atoms with E-state index < -0.39 is 29.7 Å². The van der Waals surface area contributed by atoms with Crippen LogP contribution in [-0.4, -0.2) is 38.0 Å². The molecule has 4 rings (SSSR count). The molecule has 3 atom stereocenters. The Hall–Kier alpha value is -3.39. The van der Waals surface area contributed by atoms with Crippen molar-refractivity contribution < 1.29 is 28.6 Å². The molecule has 0 saturated carbocycles. The van der Waals surface area contributed by atoms with E-state index in [-0.39, 0.29) is 19.0 Å². The van der Waals surface area contributed by atoms with Gasteiger partial charge in [-0.1, -0.05) is 40.2 Å². The summed E-state index contributed by atoms with van der Waals surface area (Å²) in [6, 6.07) is 14.9. The number of rotatable bonds is 7. The summed E-state index contributed by atoms with van der Waals surface area (Å²) in [5.41, 5.74) is 3.61. The van der Waals surface area contributed by atoms with E-state index in [1.165, 1.54) is 0 Å². The molecule has 0 aromatic heterocycles. The molecule has 0 fully saturated rings. The van der Waals surface area contributed by atoms with E-state index in [2.05, 4.69) is 21.2 Å². The average molecular weight is 568 g/mol. The maximum absolute atomic E-state index is 14.3. The Kier molecular flexibility index (Phi) is 8.17. The lowest BCUT2D eigenvalue weighted by Gasteiger charge is -2.39. The average Bonchev–Trinajstić information content (AvgIpc) is 2.88. The summed E-state index contributed by atoms with van der Waals surface area (Å²) in [7, 11) is 1.57. The number of allylic oxidation sites excluding steroid dienone is 3. The molecule has 0 saturated heterocycles. The van der Waals surface area contributed by atoms with Crippen molar-refractivity contribution in [1.82, 2.24) is 5.32 Å². The van der Waals surface area contributed by atoms with Gasteiger partial charge in [-0.25, -0.2) is 4.79 Å². The van der Waals surface area contributed by atoms with Gasteiger partial charge in [0.1, 0.15) is 11.7 Å². The SMILES string of the molecule is CCOC(=O)C1=C(C)NC2=C(C(=O)[C@H](C(=O)OCC)[C@H](c3cccc(OC)c3)C2)[C@H]1c1cccc(Br)c1. The summed E-state index contributed by atoms with van der Waals surface area (Å²) < 4.78 is 17.0. The lowest BCUT2D eigenvalue weighted by molar-refractivity contribution is -0.152. The second-order valence-electron chi connectivity index (χ2n) is 8.95. The minimum absolute atomic E-state index is 0.153. The van der Waals surface area contributed by atoms with E-state index in [1.54, 1.807) is 21.0 Å². The third-order valence-corrected chi connectivity index (χ3v) is 7.25. The molecule has 0 amide bonds. The third-order valence-electron chi connectivity index (χ3n) is 6.76. The first kappa shape index (κ1) is 26.7. The van der Waals surface area contributed by atoms with Crippen molar-refractivity contribution in [2.45, 2.75) is 39.0 Å². The first-order valence-electron chi connectivity index (χ1n) is 12.3. The van der Waals surface area contributed by atoms with Gasteiger partial charge in [-0.2, -0.15) is 0 Å². The molecule has 0 unspecified atom stereocenters. The predicted molar refractivity (Wildman–Crippen MR) is 142 cm³/mol. The highest BCUT2D eigenvalue weighted by atomic mass is 79.9. The molecule has 1 aliphatic carbocycles. The van der Waals surface area contributed by atoms with Crippen molar-refractivity contribution in [3.05, 3.63) is 86.7 Å². The summed E-state index contributed by atoms with van der Waals surface area (Å²) in [4.78, 5) is 40.7. The van der Waals surface area contributed by atoms with Gasteiger partial charge < -0.3 is 19.5 Å². The van der Waals surface area contributed by atoms with Gasteiger partial charge in [-0.15, -0.1) is 0 Å². The number of nitrogens with one attached hydrogen (secondary N) is 1. The van der Waals surface area contributed by atoms with Crippen molar-refractivity contribution in [3.63, 3.8) is 0 Å². The van der Waals surface area contributed by atoms with E-state index >= 15 is 0 Å². The molecule has 2 aliphatic rings. The zero-order valence-electron chi connectivity index (χ0n) is 21.3. The van der Waals surface area contributed by atoms with Crippen LogP contribution in [0.2, 0.25) is 0 Å². The van der Waals surface area contributed by atoms with Gasteiger partial charge >= 0.3 is 11.9 Å². The van der Waals surface area contributed by atoms with Gasteiger partial charge in [0.2, 0.25) is 0 Å². The lowest BCUT2D eigenvalue weighted by atomic mass is 9.67. The van der Waals surface area contributed by atoms with E-state index in [4.69, 9.17) is 14.2 Å². The Balaban J connectivity index is 1.90. The third kappa shape index (κ3) is 5.21. The summed E-state index contributed by atoms with van der Waals surface area (Å²) in [6.45, 7) is 5.62. The number of ketones is 1. The van der Waals surface area contributed by atoms with Crippen LogP contribution in [0.4, 0.5) is 0 Å². The molecule has 2 aromatic rings. The molecule has 1 N–H and O–H groups in total. The number of Topliss-reactive ketones (excluding diaryl/α,β-unsaturated/α-hetero) is 1. The van der Waals surface area contributed by atoms with E-state index in [0.29, 0.717) is 34.7 Å². The normalized spacial score (nSPS) is 21.2. The van der Waals surface area contributed by atoms with Gasteiger partial charge in [0.25, 0.3) is 0 Å². The number of dihydropyridines is 1. The van der Waals surface area contributed by atoms with Gasteiger partial charge in [0.15, 0.2) is 5.78 Å². The molecule has 194 valence electrons. The quantitative estimate of drug-likeness (QED) is 0.364. The monoisotopic (exact) mass is 567 g/mol. The maximum Gasteiger partial charge on any atom is 0.336 e. The second kappa shape index (κ2) is 11.3. The van der Waals surface area contributed by atoms with Crippen molar-refractivity contribution in [2.75, 3.05) is 20.3 Å². The Labute approximate surface area is 225 Å². The van der Waals surface area contributed by atoms with E-state index in [1.807, 2.05) is 55.5 Å². The molecule has 0 radical (unpaired) electrons. The van der Waals surface area contributed by atoms with Gasteiger partial charge in [-0.3, -0.25) is 9.59 Å². The molecule has 1 heterocycles. The van der Waals surface area contributed by atoms with Crippen LogP contribution in [-0.2, 0) is 23.9 Å². The van der Waals surface area contributed by atoms with Gasteiger partial charge in [0.05, 0.1) is 25.9 Å². The van der Waals surface area contributed by atoms with Gasteiger partial charge in [0, 0.05) is 33.3 Å². The van der Waals surface area contributed by atoms with Crippen LogP contribution >= 0.6 is 15.9 Å². The summed E-state index contributed by atoms with van der Waals surface area (Å²) >= 11 is 3.51. The number of carbonyl (C=O) groups excluding carboxylic acids is 3. The maximum atomic E-state index is 14.3. The summed E-state index contributed by atoms with van der Waals surface area (Å²) in [5.74, 6) is -3.03. The van der Waals surface area contributed by atoms with Crippen LogP contribution in [0.25, 0.3) is 0 Å². The fraction of sp³-hybridized carbons (Fsp3) is 0.345. The molecule has 8 heteroatoms. The van der Waals surface area contributed by atoms with Crippen molar-refractivity contribution >= 4 is 33.7 Å². The van der Waals surface area contributed by atoms with Crippen LogP contribution in [0.1, 0.15) is 50.2 Å². The van der Waals surface area contributed by atoms with Crippen molar-refractivity contribution in [3.8, 4) is 5.75 Å². The molecular formula is C29H30BrNO6. The Morgan fingerprint density at radius 2 is 1.73 bits per heavy atom. The Morgan fingerprint density at radius 1 is 1.03 bits per heavy atom. The highest BCUT2D eigenvalue weighted by molar-refractivity contribution is 9.10. The zero-order chi connectivity index (χ0) is 26.7. The molecule has 0 bridgehead atoms. The van der Waals surface area contributed by atoms with Crippen LogP contribution in [0, 0.1) is 5.92 Å². The minimum atomic E-state index is -1.07. The molecular weight excluding hydrogens is 538 g/mol. The molecule has 0 spiro atoms. The molecule has 1 aliphatic heterocycles. The molecule has 37 heavy (non-hydrogen) atoms. The largest absolute Gasteiger partial charge is 0.497 e. The predicted octanol–water partition coefficient (Wildman–Crippen LogP) is 5.17. The number of esters is 2.